The van der Waals surface area contributed by atoms with E-state index in [1.165, 1.54) is 0 Å². The van der Waals surface area contributed by atoms with Gasteiger partial charge in [0.2, 0.25) is 0 Å². The van der Waals surface area contributed by atoms with Gasteiger partial charge in [0, 0.05) is 0 Å². The number of carbonyl (C=O) groups is 1. The van der Waals surface area contributed by atoms with Crippen molar-refractivity contribution in [3.8, 4) is 0 Å². The Morgan fingerprint density at radius 1 is 1.86 bits per heavy atom. The van der Waals surface area contributed by atoms with Crippen LogP contribution in [0.25, 0.3) is 0 Å². The van der Waals surface area contributed by atoms with Crippen molar-refractivity contribution < 1.29 is 7.48 Å². The van der Waals surface area contributed by atoms with Gasteiger partial charge in [0.25, 0.3) is 0 Å². The van der Waals surface area contributed by atoms with E-state index in [2.05, 4.69) is 17.8 Å². The third-order valence-electron chi connectivity index (χ3n) is 0.285. The molecule has 0 aliphatic rings. The number of hydrogen-bond acceptors (Lipinski definition) is 2. The molecular formula is C2H2I2O2Tl. The van der Waals surface area contributed by atoms with Crippen molar-refractivity contribution in [2.45, 2.75) is 0 Å². The number of carbonyl (C=O) groups excluding carboxylic acids is 1. The number of hydrogen-bond donors (Lipinski definition) is 0. The van der Waals surface area contributed by atoms with Crippen molar-refractivity contribution in [2.75, 3.05) is 4.43 Å². The van der Waals surface area contributed by atoms with Crippen LogP contribution < -0.4 is 0 Å². The van der Waals surface area contributed by atoms with E-state index in [1.807, 2.05) is 22.6 Å². The van der Waals surface area contributed by atoms with Crippen LogP contribution in [0.4, 0.5) is 0 Å². The summed E-state index contributed by atoms with van der Waals surface area (Å²) in [5.74, 6) is -0.0509. The zero-order valence-electron chi connectivity index (χ0n) is 3.36. The van der Waals surface area contributed by atoms with Crippen molar-refractivity contribution in [1.82, 2.24) is 0 Å². The van der Waals surface area contributed by atoms with E-state index in [-0.39, 0.29) is 5.97 Å². The average Bonchev–Trinajstić information content (AvgIpc) is 1.68. The van der Waals surface area contributed by atoms with Crippen LogP contribution in [0.5, 0.6) is 0 Å². The van der Waals surface area contributed by atoms with E-state index < -0.39 is 20.4 Å². The van der Waals surface area contributed by atoms with Crippen molar-refractivity contribution in [3.63, 3.8) is 0 Å². The Morgan fingerprint density at radius 2 is 2.43 bits per heavy atom. The Labute approximate surface area is 77.2 Å². The van der Waals surface area contributed by atoms with E-state index in [4.69, 9.17) is 2.69 Å². The fourth-order valence-electron chi connectivity index (χ4n) is 0.0812. The van der Waals surface area contributed by atoms with Crippen LogP contribution in [-0.2, 0) is 7.48 Å². The van der Waals surface area contributed by atoms with E-state index in [9.17, 15) is 4.79 Å². The molecule has 0 bridgehead atoms. The molecule has 0 atom stereocenters. The van der Waals surface area contributed by atoms with Crippen LogP contribution in [0.3, 0.4) is 0 Å². The molecule has 0 saturated carbocycles. The van der Waals surface area contributed by atoms with E-state index in [0.717, 1.165) is 0 Å². The van der Waals surface area contributed by atoms with Gasteiger partial charge in [0.05, 0.1) is 0 Å². The fourth-order valence-corrected chi connectivity index (χ4v) is 4.78. The molecule has 2 nitrogen and oxygen atoms in total. The molecule has 0 fully saturated rings. The molecule has 0 aromatic rings. The molecule has 0 saturated heterocycles. The molecule has 0 aromatic heterocycles. The first-order chi connectivity index (χ1) is 3.31. The molecule has 5 heteroatoms. The van der Waals surface area contributed by atoms with Gasteiger partial charge in [-0.25, -0.2) is 0 Å². The van der Waals surface area contributed by atoms with Crippen molar-refractivity contribution in [3.05, 3.63) is 0 Å². The van der Waals surface area contributed by atoms with E-state index >= 15 is 0 Å². The second-order valence-corrected chi connectivity index (χ2v) is 7.55. The summed E-state index contributed by atoms with van der Waals surface area (Å²) in [5.41, 5.74) is 0. The van der Waals surface area contributed by atoms with Gasteiger partial charge in [-0.2, -0.15) is 0 Å². The van der Waals surface area contributed by atoms with Gasteiger partial charge in [-0.05, 0) is 0 Å². The summed E-state index contributed by atoms with van der Waals surface area (Å²) < 4.78 is 5.24. The topological polar surface area (TPSA) is 26.3 Å². The second kappa shape index (κ2) is 5.98. The number of alkyl halides is 1. The summed E-state index contributed by atoms with van der Waals surface area (Å²) in [6.45, 7) is 0. The Balaban J connectivity index is 3.00. The van der Waals surface area contributed by atoms with Gasteiger partial charge < -0.3 is 0 Å². The molecular weight excluding hydrogens is 514 g/mol. The average molecular weight is 516 g/mol. The van der Waals surface area contributed by atoms with Gasteiger partial charge in [0.1, 0.15) is 0 Å². The molecule has 39 valence electrons. The summed E-state index contributed by atoms with van der Waals surface area (Å²) in [7, 11) is 0. The van der Waals surface area contributed by atoms with Crippen molar-refractivity contribution in [2.24, 2.45) is 0 Å². The third-order valence-corrected chi connectivity index (χ3v) is 4.51. The van der Waals surface area contributed by atoms with Crippen LogP contribution in [0.2, 0.25) is 0 Å². The predicted molar refractivity (Wildman–Crippen MR) is 44.8 cm³/mol. The molecule has 0 spiro atoms. The Kier molecular flexibility index (Phi) is 7.56. The normalized spacial score (nSPS) is 7.14. The third kappa shape index (κ3) is 5.73. The molecule has 0 radical (unpaired) electrons. The van der Waals surface area contributed by atoms with Crippen LogP contribution in [-0.4, -0.2) is 30.8 Å². The van der Waals surface area contributed by atoms with Gasteiger partial charge in [-0.15, -0.1) is 0 Å². The summed E-state index contributed by atoms with van der Waals surface area (Å²) in [4.78, 5) is 10.2. The van der Waals surface area contributed by atoms with Crippen LogP contribution >= 0.6 is 40.4 Å². The van der Waals surface area contributed by atoms with Gasteiger partial charge >= 0.3 is 78.6 Å². The fraction of sp³-hybridized carbons (Fsp3) is 0.500. The SMILES string of the molecule is O=C(CI)[O][Tl][I]. The maximum atomic E-state index is 10.2. The molecule has 0 amide bonds. The standard InChI is InChI=1S/C2H3IO2.HI.Tl/c3-1-2(4)5;;/h1H2,(H,4,5);1H;/q;;+2/p-2. The maximum absolute atomic E-state index is 10.2. The van der Waals surface area contributed by atoms with Gasteiger partial charge in [-0.3, -0.25) is 0 Å². The molecule has 0 aliphatic heterocycles. The van der Waals surface area contributed by atoms with Crippen LogP contribution in [0.15, 0.2) is 0 Å². The summed E-state index contributed by atoms with van der Waals surface area (Å²) in [5, 5.41) is 0. The predicted octanol–water partition coefficient (Wildman–Crippen LogP) is 0.934. The molecule has 7 heavy (non-hydrogen) atoms. The molecule has 0 unspecified atom stereocenters. The minimum absolute atomic E-state index is 0.0509. The minimum atomic E-state index is -1.02. The van der Waals surface area contributed by atoms with Crippen molar-refractivity contribution >= 4 is 66.7 Å². The Bertz CT molecular complexity index is 66.7. The first-order valence-electron chi connectivity index (χ1n) is 1.48. The van der Waals surface area contributed by atoms with Crippen LogP contribution in [0.1, 0.15) is 0 Å². The molecule has 0 N–H and O–H groups in total. The molecule has 0 aromatic carbocycles. The molecule has 0 heterocycles. The Morgan fingerprint density at radius 3 is 2.57 bits per heavy atom. The van der Waals surface area contributed by atoms with Crippen molar-refractivity contribution in [1.29, 1.82) is 0 Å². The quantitative estimate of drug-likeness (QED) is 0.311. The van der Waals surface area contributed by atoms with Gasteiger partial charge in [0.15, 0.2) is 0 Å². The first kappa shape index (κ1) is 8.85. The summed E-state index contributed by atoms with van der Waals surface area (Å²) in [6.07, 6.45) is 0. The number of rotatable bonds is 2. The summed E-state index contributed by atoms with van der Waals surface area (Å²) in [6, 6.07) is 0. The first-order valence-corrected chi connectivity index (χ1v) is 17.5. The zero-order chi connectivity index (χ0) is 5.70. The van der Waals surface area contributed by atoms with Gasteiger partial charge in [-0.1, -0.05) is 0 Å². The monoisotopic (exact) mass is 517 g/mol. The zero-order valence-corrected chi connectivity index (χ0v) is 12.2. The summed E-state index contributed by atoms with van der Waals surface area (Å²) >= 11 is 3.16. The van der Waals surface area contributed by atoms with E-state index in [1.54, 1.807) is 0 Å². The van der Waals surface area contributed by atoms with E-state index in [0.29, 0.717) is 4.43 Å². The second-order valence-electron chi connectivity index (χ2n) is 0.713. The molecule has 0 rings (SSSR count). The molecule has 0 aliphatic carbocycles. The number of halogens is 2. The van der Waals surface area contributed by atoms with Crippen LogP contribution in [0, 0.1) is 0 Å². The Hall–Kier alpha value is 1.85.